The molecule has 0 fully saturated rings. The molecule has 9 heteroatoms. The Bertz CT molecular complexity index is 1080. The van der Waals surface area contributed by atoms with Gasteiger partial charge in [0, 0.05) is 31.2 Å². The molecule has 166 valence electrons. The summed E-state index contributed by atoms with van der Waals surface area (Å²) in [6.07, 6.45) is 2.28. The number of ether oxygens (including phenoxy) is 2. The lowest BCUT2D eigenvalue weighted by Gasteiger charge is -2.20. The number of nitrogens with one attached hydrogen (secondary N) is 2. The summed E-state index contributed by atoms with van der Waals surface area (Å²) < 4.78 is 25.0. The Morgan fingerprint density at radius 1 is 1.19 bits per heavy atom. The molecule has 2 N–H and O–H groups in total. The fourth-order valence-electron chi connectivity index (χ4n) is 2.77. The zero-order valence-electron chi connectivity index (χ0n) is 17.8. The first-order valence-corrected chi connectivity index (χ1v) is 9.78. The minimum Gasteiger partial charge on any atom is -0.491 e. The molecule has 1 aromatic heterocycles. The molecule has 0 atom stereocenters. The predicted molar refractivity (Wildman–Crippen MR) is 122 cm³/mol. The normalized spacial score (nSPS) is 10.3. The fraction of sp³-hybridized carbons (Fsp3) is 0.174. The molecule has 1 heterocycles. The number of anilines is 5. The van der Waals surface area contributed by atoms with E-state index in [1.54, 1.807) is 55.5 Å². The van der Waals surface area contributed by atoms with Gasteiger partial charge in [-0.3, -0.25) is 4.79 Å². The van der Waals surface area contributed by atoms with E-state index in [1.165, 1.54) is 6.08 Å². The van der Waals surface area contributed by atoms with Gasteiger partial charge in [0.2, 0.25) is 11.9 Å². The van der Waals surface area contributed by atoms with Crippen molar-refractivity contribution >= 4 is 34.7 Å². The molecule has 8 nitrogen and oxygen atoms in total. The summed E-state index contributed by atoms with van der Waals surface area (Å²) in [5.41, 5.74) is 1.91. The second kappa shape index (κ2) is 10.9. The second-order valence-corrected chi connectivity index (χ2v) is 6.66. The molecule has 0 aliphatic heterocycles. The van der Waals surface area contributed by atoms with Crippen LogP contribution in [0, 0.1) is 5.82 Å². The van der Waals surface area contributed by atoms with Gasteiger partial charge in [0.15, 0.2) is 11.6 Å². The van der Waals surface area contributed by atoms with Crippen molar-refractivity contribution in [1.29, 1.82) is 0 Å². The molecule has 0 bridgehead atoms. The number of rotatable bonds is 10. The van der Waals surface area contributed by atoms with Crippen molar-refractivity contribution < 1.29 is 18.7 Å². The molecule has 0 aliphatic rings. The number of benzene rings is 2. The van der Waals surface area contributed by atoms with E-state index in [-0.39, 0.29) is 17.7 Å². The highest BCUT2D eigenvalue weighted by Gasteiger charge is 2.14. The molecule has 0 spiro atoms. The van der Waals surface area contributed by atoms with Crippen molar-refractivity contribution in [3.8, 4) is 5.75 Å². The van der Waals surface area contributed by atoms with Gasteiger partial charge in [-0.25, -0.2) is 9.37 Å². The highest BCUT2D eigenvalue weighted by atomic mass is 19.1. The summed E-state index contributed by atoms with van der Waals surface area (Å²) in [5, 5.41) is 5.73. The first-order chi connectivity index (χ1) is 15.5. The first kappa shape index (κ1) is 22.7. The SMILES string of the molecule is C=CC(=O)Nc1cccc(N(C)c2nc(Nc3ccc(OCCOC)cc3)ncc2F)c1. The Hall–Kier alpha value is -3.98. The van der Waals surface area contributed by atoms with Crippen molar-refractivity contribution in [2.75, 3.05) is 42.9 Å². The fourth-order valence-corrected chi connectivity index (χ4v) is 2.77. The lowest BCUT2D eigenvalue weighted by molar-refractivity contribution is -0.111. The van der Waals surface area contributed by atoms with Crippen LogP contribution in [0.5, 0.6) is 5.75 Å². The summed E-state index contributed by atoms with van der Waals surface area (Å²) in [5.74, 6) is 0.100. The van der Waals surface area contributed by atoms with Crippen molar-refractivity contribution in [1.82, 2.24) is 9.97 Å². The van der Waals surface area contributed by atoms with Crippen molar-refractivity contribution in [3.05, 3.63) is 73.2 Å². The van der Waals surface area contributed by atoms with Gasteiger partial charge in [-0.2, -0.15) is 4.98 Å². The predicted octanol–water partition coefficient (Wildman–Crippen LogP) is 4.28. The Kier molecular flexibility index (Phi) is 7.71. The number of amides is 1. The lowest BCUT2D eigenvalue weighted by Crippen LogP contribution is -2.15. The number of carbonyl (C=O) groups is 1. The molecule has 32 heavy (non-hydrogen) atoms. The molecule has 0 unspecified atom stereocenters. The number of nitrogens with zero attached hydrogens (tertiary/aromatic N) is 3. The maximum absolute atomic E-state index is 14.5. The van der Waals surface area contributed by atoms with Crippen LogP contribution in [0.4, 0.5) is 33.2 Å². The van der Waals surface area contributed by atoms with Gasteiger partial charge < -0.3 is 25.0 Å². The molecular weight excluding hydrogens is 413 g/mol. The van der Waals surface area contributed by atoms with Crippen molar-refractivity contribution in [2.45, 2.75) is 0 Å². The number of hydrogen-bond donors (Lipinski definition) is 2. The summed E-state index contributed by atoms with van der Waals surface area (Å²) >= 11 is 0. The number of hydrogen-bond acceptors (Lipinski definition) is 7. The summed E-state index contributed by atoms with van der Waals surface area (Å²) in [4.78, 5) is 21.4. The van der Waals surface area contributed by atoms with E-state index in [2.05, 4.69) is 27.2 Å². The third-order valence-corrected chi connectivity index (χ3v) is 4.40. The molecule has 3 aromatic rings. The molecule has 3 rings (SSSR count). The van der Waals surface area contributed by atoms with E-state index in [4.69, 9.17) is 9.47 Å². The molecule has 0 radical (unpaired) electrons. The molecule has 1 amide bonds. The van der Waals surface area contributed by atoms with Gasteiger partial charge >= 0.3 is 0 Å². The maximum atomic E-state index is 14.5. The van der Waals surface area contributed by atoms with E-state index in [9.17, 15) is 9.18 Å². The summed E-state index contributed by atoms with van der Waals surface area (Å²) in [6, 6.07) is 14.2. The van der Waals surface area contributed by atoms with E-state index >= 15 is 0 Å². The molecule has 0 saturated carbocycles. The molecule has 2 aromatic carbocycles. The number of methoxy groups -OCH3 is 1. The monoisotopic (exact) mass is 437 g/mol. The smallest absolute Gasteiger partial charge is 0.247 e. The Labute approximate surface area is 185 Å². The van der Waals surface area contributed by atoms with Crippen LogP contribution in [-0.4, -0.2) is 43.2 Å². The quantitative estimate of drug-likeness (QED) is 0.362. The van der Waals surface area contributed by atoms with E-state index in [0.717, 1.165) is 11.9 Å². The highest BCUT2D eigenvalue weighted by Crippen LogP contribution is 2.28. The number of carbonyl (C=O) groups excluding carboxylic acids is 1. The number of aromatic nitrogens is 2. The standard InChI is InChI=1S/C23H24FN5O3/c1-4-21(30)26-17-6-5-7-18(14-17)29(2)22-20(24)15-25-23(28-22)27-16-8-10-19(11-9-16)32-13-12-31-3/h4-11,14-15H,1,12-13H2,2-3H3,(H,26,30)(H,25,27,28). The third-order valence-electron chi connectivity index (χ3n) is 4.40. The summed E-state index contributed by atoms with van der Waals surface area (Å²) in [6.45, 7) is 4.39. The van der Waals surface area contributed by atoms with Crippen LogP contribution in [0.15, 0.2) is 67.4 Å². The van der Waals surface area contributed by atoms with Crippen LogP contribution < -0.4 is 20.3 Å². The van der Waals surface area contributed by atoms with E-state index in [1.807, 2.05) is 12.1 Å². The Balaban J connectivity index is 1.75. The maximum Gasteiger partial charge on any atom is 0.247 e. The van der Waals surface area contributed by atoms with Crippen LogP contribution in [-0.2, 0) is 9.53 Å². The number of halogens is 1. The van der Waals surface area contributed by atoms with Gasteiger partial charge in [0.25, 0.3) is 0 Å². The average Bonchev–Trinajstić information content (AvgIpc) is 2.81. The minimum atomic E-state index is -0.583. The Morgan fingerprint density at radius 2 is 1.97 bits per heavy atom. The minimum absolute atomic E-state index is 0.0780. The zero-order valence-corrected chi connectivity index (χ0v) is 17.8. The van der Waals surface area contributed by atoms with Crippen LogP contribution in [0.3, 0.4) is 0 Å². The lowest BCUT2D eigenvalue weighted by atomic mass is 10.2. The van der Waals surface area contributed by atoms with Gasteiger partial charge in [0.1, 0.15) is 12.4 Å². The van der Waals surface area contributed by atoms with Gasteiger partial charge in [-0.05, 0) is 48.5 Å². The zero-order chi connectivity index (χ0) is 22.9. The van der Waals surface area contributed by atoms with Crippen molar-refractivity contribution in [3.63, 3.8) is 0 Å². The van der Waals surface area contributed by atoms with Crippen LogP contribution in [0.25, 0.3) is 0 Å². The van der Waals surface area contributed by atoms with E-state index < -0.39 is 5.82 Å². The average molecular weight is 437 g/mol. The largest absolute Gasteiger partial charge is 0.491 e. The van der Waals surface area contributed by atoms with Crippen LogP contribution in [0.2, 0.25) is 0 Å². The Morgan fingerprint density at radius 3 is 2.69 bits per heavy atom. The van der Waals surface area contributed by atoms with Crippen molar-refractivity contribution in [2.24, 2.45) is 0 Å². The molecule has 0 saturated heterocycles. The van der Waals surface area contributed by atoms with Gasteiger partial charge in [0.05, 0.1) is 12.8 Å². The molecular formula is C23H24FN5O3. The van der Waals surface area contributed by atoms with Crippen LogP contribution >= 0.6 is 0 Å². The second-order valence-electron chi connectivity index (χ2n) is 6.66. The summed E-state index contributed by atoms with van der Waals surface area (Å²) in [7, 11) is 3.29. The van der Waals surface area contributed by atoms with Gasteiger partial charge in [-0.1, -0.05) is 12.6 Å². The highest BCUT2D eigenvalue weighted by molar-refractivity contribution is 5.99. The topological polar surface area (TPSA) is 88.6 Å². The first-order valence-electron chi connectivity index (χ1n) is 9.78. The van der Waals surface area contributed by atoms with Crippen LogP contribution in [0.1, 0.15) is 0 Å². The molecule has 0 aliphatic carbocycles. The van der Waals surface area contributed by atoms with E-state index in [0.29, 0.717) is 30.3 Å². The van der Waals surface area contributed by atoms with Gasteiger partial charge in [-0.15, -0.1) is 0 Å². The third kappa shape index (κ3) is 6.02.